The van der Waals surface area contributed by atoms with Gasteiger partial charge in [-0.3, -0.25) is 4.79 Å². The van der Waals surface area contributed by atoms with Crippen LogP contribution in [0, 0.1) is 5.92 Å². The van der Waals surface area contributed by atoms with E-state index in [9.17, 15) is 4.79 Å². The van der Waals surface area contributed by atoms with Gasteiger partial charge >= 0.3 is 0 Å². The van der Waals surface area contributed by atoms with Crippen LogP contribution in [-0.2, 0) is 4.79 Å². The molecule has 0 bridgehead atoms. The summed E-state index contributed by atoms with van der Waals surface area (Å²) in [6.45, 7) is 0. The second-order valence-corrected chi connectivity index (χ2v) is 4.04. The molecule has 1 nitrogen and oxygen atoms in total. The molecule has 0 saturated carbocycles. The van der Waals surface area contributed by atoms with Gasteiger partial charge in [0.1, 0.15) is 0 Å². The van der Waals surface area contributed by atoms with Gasteiger partial charge in [-0.1, -0.05) is 12.2 Å². The van der Waals surface area contributed by atoms with E-state index < -0.39 is 0 Å². The van der Waals surface area contributed by atoms with E-state index in [4.69, 9.17) is 0 Å². The molecular formula is C9H10OS. The van der Waals surface area contributed by atoms with E-state index in [-0.39, 0.29) is 5.92 Å². The van der Waals surface area contributed by atoms with Crippen molar-refractivity contribution in [2.24, 2.45) is 5.92 Å². The van der Waals surface area contributed by atoms with Gasteiger partial charge in [0.05, 0.1) is 5.92 Å². The summed E-state index contributed by atoms with van der Waals surface area (Å²) < 4.78 is 0. The first kappa shape index (κ1) is 7.17. The minimum atomic E-state index is 0.221. The first-order valence-corrected chi connectivity index (χ1v) is 4.91. The molecule has 11 heavy (non-hydrogen) atoms. The Morgan fingerprint density at radius 2 is 2.45 bits per heavy atom. The molecule has 0 amide bonds. The summed E-state index contributed by atoms with van der Waals surface area (Å²) in [5.74, 6) is 1.71. The summed E-state index contributed by atoms with van der Waals surface area (Å²) in [7, 11) is 0. The average Bonchev–Trinajstić information content (AvgIpc) is 2.06. The van der Waals surface area contributed by atoms with E-state index in [0.29, 0.717) is 5.78 Å². The van der Waals surface area contributed by atoms with Crippen LogP contribution >= 0.6 is 11.8 Å². The highest BCUT2D eigenvalue weighted by atomic mass is 32.2. The molecule has 0 spiro atoms. The highest BCUT2D eigenvalue weighted by Crippen LogP contribution is 2.36. The Balaban J connectivity index is 2.25. The van der Waals surface area contributed by atoms with Crippen LogP contribution in [0.1, 0.15) is 12.8 Å². The fraction of sp³-hybridized carbons (Fsp3) is 0.444. The van der Waals surface area contributed by atoms with E-state index in [1.165, 1.54) is 17.1 Å². The van der Waals surface area contributed by atoms with Gasteiger partial charge < -0.3 is 0 Å². The van der Waals surface area contributed by atoms with Crippen LogP contribution in [-0.4, -0.2) is 11.5 Å². The zero-order chi connectivity index (χ0) is 7.68. The third kappa shape index (κ3) is 1.27. The smallest absolute Gasteiger partial charge is 0.163 e. The predicted octanol–water partition coefficient (Wildman–Crippen LogP) is 2.15. The average molecular weight is 166 g/mol. The second kappa shape index (κ2) is 2.86. The molecule has 2 aliphatic rings. The number of fused-ring (bicyclic) bond motifs is 1. The number of carbonyl (C=O) groups excluding carboxylic acids is 1. The molecule has 1 heterocycles. The van der Waals surface area contributed by atoms with Crippen LogP contribution in [0.5, 0.6) is 0 Å². The van der Waals surface area contributed by atoms with Gasteiger partial charge in [0.15, 0.2) is 5.78 Å². The summed E-state index contributed by atoms with van der Waals surface area (Å²) in [6, 6.07) is 0. The quantitative estimate of drug-likeness (QED) is 0.548. The summed E-state index contributed by atoms with van der Waals surface area (Å²) in [5.41, 5.74) is 0. The third-order valence-electron chi connectivity index (χ3n) is 2.11. The normalized spacial score (nSPS) is 29.6. The van der Waals surface area contributed by atoms with Gasteiger partial charge in [0.25, 0.3) is 0 Å². The molecular weight excluding hydrogens is 156 g/mol. The van der Waals surface area contributed by atoms with Crippen LogP contribution in [0.3, 0.4) is 0 Å². The van der Waals surface area contributed by atoms with Crippen molar-refractivity contribution in [1.82, 2.24) is 0 Å². The summed E-state index contributed by atoms with van der Waals surface area (Å²) in [4.78, 5) is 12.6. The zero-order valence-corrected chi connectivity index (χ0v) is 7.06. The van der Waals surface area contributed by atoms with Crippen molar-refractivity contribution in [3.05, 3.63) is 23.1 Å². The standard InChI is InChI=1S/C9H10OS/c10-8-4-1-5-9-7(8)3-2-6-11-9/h1,4-5,7H,2-3,6H2. The van der Waals surface area contributed by atoms with E-state index in [0.717, 1.165) is 6.42 Å². The SMILES string of the molecule is O=C1C=CC=C2SCCCC12. The fourth-order valence-electron chi connectivity index (χ4n) is 1.52. The second-order valence-electron chi connectivity index (χ2n) is 2.87. The highest BCUT2D eigenvalue weighted by molar-refractivity contribution is 8.03. The zero-order valence-electron chi connectivity index (χ0n) is 6.25. The lowest BCUT2D eigenvalue weighted by atomic mass is 9.94. The third-order valence-corrected chi connectivity index (χ3v) is 3.36. The Morgan fingerprint density at radius 1 is 1.55 bits per heavy atom. The molecule has 0 N–H and O–H groups in total. The maximum Gasteiger partial charge on any atom is 0.163 e. The number of carbonyl (C=O) groups is 1. The predicted molar refractivity (Wildman–Crippen MR) is 47.4 cm³/mol. The van der Waals surface area contributed by atoms with Crippen molar-refractivity contribution in [1.29, 1.82) is 0 Å². The van der Waals surface area contributed by atoms with Crippen LogP contribution in [0.15, 0.2) is 23.1 Å². The van der Waals surface area contributed by atoms with Crippen molar-refractivity contribution >= 4 is 17.5 Å². The van der Waals surface area contributed by atoms with Gasteiger partial charge in [-0.2, -0.15) is 0 Å². The van der Waals surface area contributed by atoms with E-state index >= 15 is 0 Å². The van der Waals surface area contributed by atoms with E-state index in [1.807, 2.05) is 17.8 Å². The maximum absolute atomic E-state index is 11.3. The number of ketones is 1. The molecule has 1 saturated heterocycles. The van der Waals surface area contributed by atoms with Crippen molar-refractivity contribution in [3.8, 4) is 0 Å². The molecule has 0 aromatic rings. The topological polar surface area (TPSA) is 17.1 Å². The van der Waals surface area contributed by atoms with Gasteiger partial charge in [0.2, 0.25) is 0 Å². The first-order chi connectivity index (χ1) is 5.38. The fourth-order valence-corrected chi connectivity index (χ4v) is 2.68. The monoisotopic (exact) mass is 166 g/mol. The summed E-state index contributed by atoms with van der Waals surface area (Å²) in [6.07, 6.45) is 7.89. The van der Waals surface area contributed by atoms with Crippen molar-refractivity contribution in [2.45, 2.75) is 12.8 Å². The van der Waals surface area contributed by atoms with Gasteiger partial charge in [-0.05, 0) is 29.6 Å². The Morgan fingerprint density at radius 3 is 3.27 bits per heavy atom. The Labute approximate surface area is 70.6 Å². The molecule has 0 radical (unpaired) electrons. The Kier molecular flexibility index (Phi) is 1.86. The number of allylic oxidation sites excluding steroid dienone is 4. The minimum absolute atomic E-state index is 0.221. The lowest BCUT2D eigenvalue weighted by molar-refractivity contribution is -0.117. The number of rotatable bonds is 0. The largest absolute Gasteiger partial charge is 0.294 e. The Hall–Kier alpha value is -0.500. The Bertz CT molecular complexity index is 240. The molecule has 2 heteroatoms. The van der Waals surface area contributed by atoms with Gasteiger partial charge in [-0.25, -0.2) is 0 Å². The van der Waals surface area contributed by atoms with Gasteiger partial charge in [-0.15, -0.1) is 11.8 Å². The molecule has 1 unspecified atom stereocenters. The van der Waals surface area contributed by atoms with Gasteiger partial charge in [0, 0.05) is 0 Å². The molecule has 1 aliphatic carbocycles. The maximum atomic E-state index is 11.3. The van der Waals surface area contributed by atoms with Crippen molar-refractivity contribution in [3.63, 3.8) is 0 Å². The van der Waals surface area contributed by atoms with Crippen LogP contribution in [0.2, 0.25) is 0 Å². The molecule has 1 atom stereocenters. The number of hydrogen-bond acceptors (Lipinski definition) is 2. The molecule has 58 valence electrons. The molecule has 1 aliphatic heterocycles. The van der Waals surface area contributed by atoms with Crippen molar-refractivity contribution in [2.75, 3.05) is 5.75 Å². The van der Waals surface area contributed by atoms with E-state index in [1.54, 1.807) is 6.08 Å². The summed E-state index contributed by atoms with van der Waals surface area (Å²) in [5, 5.41) is 0. The van der Waals surface area contributed by atoms with Crippen LogP contribution in [0.25, 0.3) is 0 Å². The van der Waals surface area contributed by atoms with Crippen molar-refractivity contribution < 1.29 is 4.79 Å². The molecule has 2 rings (SSSR count). The highest BCUT2D eigenvalue weighted by Gasteiger charge is 2.25. The number of hydrogen-bond donors (Lipinski definition) is 0. The van der Waals surface area contributed by atoms with E-state index in [2.05, 4.69) is 6.08 Å². The minimum Gasteiger partial charge on any atom is -0.294 e. The van der Waals surface area contributed by atoms with Crippen LogP contribution < -0.4 is 0 Å². The lowest BCUT2D eigenvalue weighted by Crippen LogP contribution is -2.19. The van der Waals surface area contributed by atoms with Crippen LogP contribution in [0.4, 0.5) is 0 Å². The number of thioether (sulfide) groups is 1. The molecule has 0 aromatic carbocycles. The summed E-state index contributed by atoms with van der Waals surface area (Å²) >= 11 is 1.84. The lowest BCUT2D eigenvalue weighted by Gasteiger charge is -2.23. The first-order valence-electron chi connectivity index (χ1n) is 3.93. The molecule has 1 fully saturated rings. The molecule has 0 aromatic heterocycles.